The van der Waals surface area contributed by atoms with E-state index in [1.165, 1.54) is 6.07 Å². The SMILES string of the molecule is Cc1ccc(C(=O)N[C@@H]2CC(=O)N(C3CC3)[C@H]2c2cccnc2)c(=O)[nH]1. The Balaban J connectivity index is 1.62. The summed E-state index contributed by atoms with van der Waals surface area (Å²) >= 11 is 0. The van der Waals surface area contributed by atoms with Gasteiger partial charge in [-0.15, -0.1) is 0 Å². The van der Waals surface area contributed by atoms with E-state index in [2.05, 4.69) is 15.3 Å². The normalized spacial score (nSPS) is 22.5. The van der Waals surface area contributed by atoms with Gasteiger partial charge in [-0.3, -0.25) is 19.4 Å². The van der Waals surface area contributed by atoms with E-state index in [1.54, 1.807) is 25.4 Å². The first-order valence-electron chi connectivity index (χ1n) is 8.76. The molecule has 7 heteroatoms. The number of carbonyl (C=O) groups excluding carboxylic acids is 2. The zero-order valence-corrected chi connectivity index (χ0v) is 14.4. The Labute approximate surface area is 150 Å². The molecular formula is C19H20N4O3. The number of aromatic amines is 1. The van der Waals surface area contributed by atoms with Gasteiger partial charge in [-0.1, -0.05) is 6.07 Å². The smallest absolute Gasteiger partial charge is 0.260 e. The number of amides is 2. The Morgan fingerprint density at radius 2 is 2.08 bits per heavy atom. The fraction of sp³-hybridized carbons (Fsp3) is 0.368. The molecular weight excluding hydrogens is 332 g/mol. The minimum absolute atomic E-state index is 0.0319. The van der Waals surface area contributed by atoms with Crippen molar-refractivity contribution in [2.24, 2.45) is 0 Å². The van der Waals surface area contributed by atoms with Crippen LogP contribution in [0.1, 0.15) is 46.9 Å². The van der Waals surface area contributed by atoms with E-state index >= 15 is 0 Å². The maximum Gasteiger partial charge on any atom is 0.260 e. The average Bonchev–Trinajstić information content (AvgIpc) is 3.39. The summed E-state index contributed by atoms with van der Waals surface area (Å²) in [6.07, 6.45) is 5.62. The number of nitrogens with zero attached hydrogens (tertiary/aromatic N) is 2. The molecule has 0 aromatic carbocycles. The Bertz CT molecular complexity index is 905. The third kappa shape index (κ3) is 3.00. The average molecular weight is 352 g/mol. The van der Waals surface area contributed by atoms with Gasteiger partial charge >= 0.3 is 0 Å². The highest BCUT2D eigenvalue weighted by atomic mass is 16.2. The molecule has 2 N–H and O–H groups in total. The van der Waals surface area contributed by atoms with Gasteiger partial charge in [0.2, 0.25) is 5.91 Å². The largest absolute Gasteiger partial charge is 0.346 e. The van der Waals surface area contributed by atoms with Gasteiger partial charge in [0, 0.05) is 30.6 Å². The molecule has 0 bridgehead atoms. The standard InChI is InChI=1S/C19H20N4O3/c1-11-4-7-14(18(25)21-11)19(26)22-15-9-16(24)23(13-5-6-13)17(15)12-3-2-8-20-10-12/h2-4,7-8,10,13,15,17H,5-6,9H2,1H3,(H,21,25)(H,22,26)/t15-,17+/m1/s1. The molecule has 2 amide bonds. The summed E-state index contributed by atoms with van der Waals surface area (Å²) in [5, 5.41) is 2.90. The van der Waals surface area contributed by atoms with Crippen molar-refractivity contribution < 1.29 is 9.59 Å². The van der Waals surface area contributed by atoms with Crippen molar-refractivity contribution in [2.45, 2.75) is 44.3 Å². The predicted octanol–water partition coefficient (Wildman–Crippen LogP) is 1.31. The summed E-state index contributed by atoms with van der Waals surface area (Å²) in [7, 11) is 0. The van der Waals surface area contributed by atoms with Gasteiger partial charge < -0.3 is 15.2 Å². The molecule has 0 radical (unpaired) electrons. The minimum atomic E-state index is -0.462. The maximum absolute atomic E-state index is 12.6. The lowest BCUT2D eigenvalue weighted by atomic mass is 10.0. The van der Waals surface area contributed by atoms with E-state index in [9.17, 15) is 14.4 Å². The number of carbonyl (C=O) groups is 2. The monoisotopic (exact) mass is 352 g/mol. The predicted molar refractivity (Wildman–Crippen MR) is 94.5 cm³/mol. The lowest BCUT2D eigenvalue weighted by molar-refractivity contribution is -0.129. The van der Waals surface area contributed by atoms with Crippen molar-refractivity contribution in [3.05, 3.63) is 63.8 Å². The molecule has 2 atom stereocenters. The van der Waals surface area contributed by atoms with Crippen LogP contribution in [-0.4, -0.2) is 38.8 Å². The Morgan fingerprint density at radius 1 is 1.27 bits per heavy atom. The van der Waals surface area contributed by atoms with E-state index in [1.807, 2.05) is 17.0 Å². The fourth-order valence-corrected chi connectivity index (χ4v) is 3.61. The third-order valence-electron chi connectivity index (χ3n) is 4.95. The number of H-pyrrole nitrogens is 1. The summed E-state index contributed by atoms with van der Waals surface area (Å²) in [6, 6.07) is 6.54. The third-order valence-corrected chi connectivity index (χ3v) is 4.95. The minimum Gasteiger partial charge on any atom is -0.346 e. The van der Waals surface area contributed by atoms with Crippen LogP contribution in [0.3, 0.4) is 0 Å². The fourth-order valence-electron chi connectivity index (χ4n) is 3.61. The van der Waals surface area contributed by atoms with Crippen LogP contribution < -0.4 is 10.9 Å². The van der Waals surface area contributed by atoms with Crippen LogP contribution in [0, 0.1) is 6.92 Å². The number of nitrogens with one attached hydrogen (secondary N) is 2. The molecule has 0 spiro atoms. The Morgan fingerprint density at radius 3 is 2.73 bits per heavy atom. The van der Waals surface area contributed by atoms with E-state index in [4.69, 9.17) is 0 Å². The summed E-state index contributed by atoms with van der Waals surface area (Å²) in [6.45, 7) is 1.75. The second-order valence-electron chi connectivity index (χ2n) is 6.93. The second-order valence-corrected chi connectivity index (χ2v) is 6.93. The first-order chi connectivity index (χ1) is 12.5. The number of hydrogen-bond acceptors (Lipinski definition) is 4. The highest BCUT2D eigenvalue weighted by Gasteiger charge is 2.47. The number of likely N-dealkylation sites (tertiary alicyclic amines) is 1. The zero-order chi connectivity index (χ0) is 18.3. The van der Waals surface area contributed by atoms with E-state index in [0.717, 1.165) is 18.4 Å². The molecule has 4 rings (SSSR count). The number of rotatable bonds is 4. The van der Waals surface area contributed by atoms with Gasteiger partial charge in [-0.05, 0) is 43.5 Å². The van der Waals surface area contributed by atoms with Crippen molar-refractivity contribution in [2.75, 3.05) is 0 Å². The molecule has 1 aliphatic carbocycles. The van der Waals surface area contributed by atoms with Crippen molar-refractivity contribution in [1.82, 2.24) is 20.2 Å². The topological polar surface area (TPSA) is 95.2 Å². The van der Waals surface area contributed by atoms with E-state index < -0.39 is 11.5 Å². The summed E-state index contributed by atoms with van der Waals surface area (Å²) in [5.74, 6) is -0.431. The lowest BCUT2D eigenvalue weighted by Gasteiger charge is -2.28. The summed E-state index contributed by atoms with van der Waals surface area (Å²) in [5.41, 5.74) is 1.21. The van der Waals surface area contributed by atoms with Crippen molar-refractivity contribution in [3.63, 3.8) is 0 Å². The van der Waals surface area contributed by atoms with Crippen molar-refractivity contribution >= 4 is 11.8 Å². The lowest BCUT2D eigenvalue weighted by Crippen LogP contribution is -2.42. The number of hydrogen-bond donors (Lipinski definition) is 2. The van der Waals surface area contributed by atoms with Crippen LogP contribution in [-0.2, 0) is 4.79 Å². The van der Waals surface area contributed by atoms with Crippen LogP contribution in [0.15, 0.2) is 41.5 Å². The molecule has 3 heterocycles. The zero-order valence-electron chi connectivity index (χ0n) is 14.4. The Hall–Kier alpha value is -2.96. The van der Waals surface area contributed by atoms with Gasteiger partial charge in [-0.25, -0.2) is 0 Å². The molecule has 2 fully saturated rings. The van der Waals surface area contributed by atoms with Gasteiger partial charge in [0.25, 0.3) is 11.5 Å². The molecule has 2 aliphatic rings. The summed E-state index contributed by atoms with van der Waals surface area (Å²) in [4.78, 5) is 45.9. The number of pyridine rings is 2. The van der Waals surface area contributed by atoms with Gasteiger partial charge in [0.15, 0.2) is 0 Å². The molecule has 1 aliphatic heterocycles. The molecule has 26 heavy (non-hydrogen) atoms. The van der Waals surface area contributed by atoms with Gasteiger partial charge in [0.1, 0.15) is 5.56 Å². The molecule has 2 aromatic rings. The first-order valence-corrected chi connectivity index (χ1v) is 8.76. The van der Waals surface area contributed by atoms with Gasteiger partial charge in [0.05, 0.1) is 12.1 Å². The van der Waals surface area contributed by atoms with Crippen molar-refractivity contribution in [1.29, 1.82) is 0 Å². The molecule has 2 aromatic heterocycles. The molecule has 1 saturated carbocycles. The van der Waals surface area contributed by atoms with Crippen molar-refractivity contribution in [3.8, 4) is 0 Å². The highest BCUT2D eigenvalue weighted by molar-refractivity contribution is 5.95. The van der Waals surface area contributed by atoms with E-state index in [-0.39, 0.29) is 36.0 Å². The van der Waals surface area contributed by atoms with E-state index in [0.29, 0.717) is 5.69 Å². The Kier molecular flexibility index (Phi) is 4.06. The number of aryl methyl sites for hydroxylation is 1. The summed E-state index contributed by atoms with van der Waals surface area (Å²) < 4.78 is 0. The van der Waals surface area contributed by atoms with Crippen LogP contribution in [0.5, 0.6) is 0 Å². The van der Waals surface area contributed by atoms with Crippen LogP contribution in [0.2, 0.25) is 0 Å². The second kappa shape index (κ2) is 6.40. The van der Waals surface area contributed by atoms with Crippen LogP contribution in [0.25, 0.3) is 0 Å². The molecule has 1 saturated heterocycles. The quantitative estimate of drug-likeness (QED) is 0.867. The molecule has 0 unspecified atom stereocenters. The first kappa shape index (κ1) is 16.5. The van der Waals surface area contributed by atoms with Gasteiger partial charge in [-0.2, -0.15) is 0 Å². The van der Waals surface area contributed by atoms with Crippen LogP contribution in [0.4, 0.5) is 0 Å². The molecule has 134 valence electrons. The van der Waals surface area contributed by atoms with Crippen LogP contribution >= 0.6 is 0 Å². The number of aromatic nitrogens is 2. The maximum atomic E-state index is 12.6. The molecule has 7 nitrogen and oxygen atoms in total. The highest BCUT2D eigenvalue weighted by Crippen LogP contribution is 2.41.